The number of ether oxygens (including phenoxy) is 2. The average Bonchev–Trinajstić information content (AvgIpc) is 2.80. The van der Waals surface area contributed by atoms with E-state index >= 15 is 0 Å². The van der Waals surface area contributed by atoms with Gasteiger partial charge in [0, 0.05) is 13.1 Å². The van der Waals surface area contributed by atoms with Crippen LogP contribution in [0.15, 0.2) is 54.6 Å². The van der Waals surface area contributed by atoms with E-state index in [1.165, 1.54) is 0 Å². The fourth-order valence-corrected chi connectivity index (χ4v) is 3.75. The molecule has 1 atom stereocenters. The van der Waals surface area contributed by atoms with Crippen LogP contribution in [0, 0.1) is 5.92 Å². The SMILES string of the molecule is CCOC(=O)C1CCN(C(=O)[C@@H](C)OC(=O)Cc2ccc(-c3ccccc3)cc2)CC1. The lowest BCUT2D eigenvalue weighted by molar-refractivity contribution is -0.160. The highest BCUT2D eigenvalue weighted by atomic mass is 16.5. The van der Waals surface area contributed by atoms with Gasteiger partial charge >= 0.3 is 11.9 Å². The number of carbonyl (C=O) groups is 3. The van der Waals surface area contributed by atoms with E-state index in [-0.39, 0.29) is 24.2 Å². The van der Waals surface area contributed by atoms with E-state index in [1.807, 2.05) is 54.6 Å². The van der Waals surface area contributed by atoms with Crippen LogP contribution in [0.2, 0.25) is 0 Å². The van der Waals surface area contributed by atoms with Gasteiger partial charge in [-0.3, -0.25) is 14.4 Å². The van der Waals surface area contributed by atoms with Crippen molar-refractivity contribution in [3.05, 3.63) is 60.2 Å². The Morgan fingerprint density at radius 2 is 1.58 bits per heavy atom. The molecule has 0 saturated carbocycles. The standard InChI is InChI=1S/C25H29NO5/c1-3-30-25(29)22-13-15-26(16-14-22)24(28)18(2)31-23(27)17-19-9-11-21(12-10-19)20-7-5-4-6-8-20/h4-12,18,22H,3,13-17H2,1-2H3/t18-/m1/s1. The van der Waals surface area contributed by atoms with Crippen molar-refractivity contribution in [2.75, 3.05) is 19.7 Å². The van der Waals surface area contributed by atoms with Gasteiger partial charge in [0.25, 0.3) is 5.91 Å². The summed E-state index contributed by atoms with van der Waals surface area (Å²) in [5, 5.41) is 0. The van der Waals surface area contributed by atoms with Crippen LogP contribution < -0.4 is 0 Å². The maximum absolute atomic E-state index is 12.6. The summed E-state index contributed by atoms with van der Waals surface area (Å²) in [6, 6.07) is 17.8. The highest BCUT2D eigenvalue weighted by Crippen LogP contribution is 2.21. The Balaban J connectivity index is 1.47. The van der Waals surface area contributed by atoms with E-state index < -0.39 is 12.1 Å². The van der Waals surface area contributed by atoms with Crippen LogP contribution in [-0.4, -0.2) is 48.5 Å². The summed E-state index contributed by atoms with van der Waals surface area (Å²) >= 11 is 0. The van der Waals surface area contributed by atoms with E-state index in [9.17, 15) is 14.4 Å². The van der Waals surface area contributed by atoms with Crippen LogP contribution in [0.4, 0.5) is 0 Å². The Kier molecular flexibility index (Phi) is 7.82. The van der Waals surface area contributed by atoms with Gasteiger partial charge in [0.2, 0.25) is 0 Å². The molecule has 0 aliphatic carbocycles. The third-order valence-electron chi connectivity index (χ3n) is 5.49. The maximum Gasteiger partial charge on any atom is 0.311 e. The molecule has 0 N–H and O–H groups in total. The fraction of sp³-hybridized carbons (Fsp3) is 0.400. The molecule has 1 aliphatic rings. The molecule has 0 aromatic heterocycles. The van der Waals surface area contributed by atoms with Gasteiger partial charge in [-0.1, -0.05) is 54.6 Å². The average molecular weight is 424 g/mol. The van der Waals surface area contributed by atoms with Crippen molar-refractivity contribution < 1.29 is 23.9 Å². The molecule has 2 aromatic carbocycles. The minimum Gasteiger partial charge on any atom is -0.466 e. The number of nitrogens with zero attached hydrogens (tertiary/aromatic N) is 1. The molecule has 164 valence electrons. The van der Waals surface area contributed by atoms with Gasteiger partial charge in [-0.2, -0.15) is 0 Å². The zero-order valence-electron chi connectivity index (χ0n) is 18.1. The molecule has 1 heterocycles. The normalized spacial score (nSPS) is 15.2. The molecule has 0 bridgehead atoms. The number of benzene rings is 2. The quantitative estimate of drug-likeness (QED) is 0.636. The van der Waals surface area contributed by atoms with Gasteiger partial charge in [0.05, 0.1) is 18.9 Å². The highest BCUT2D eigenvalue weighted by molar-refractivity contribution is 5.84. The monoisotopic (exact) mass is 423 g/mol. The van der Waals surface area contributed by atoms with E-state index in [1.54, 1.807) is 18.7 Å². The van der Waals surface area contributed by atoms with Gasteiger partial charge in [0.15, 0.2) is 6.10 Å². The number of likely N-dealkylation sites (tertiary alicyclic amines) is 1. The first-order valence-electron chi connectivity index (χ1n) is 10.8. The zero-order valence-corrected chi connectivity index (χ0v) is 18.1. The molecule has 2 aromatic rings. The second kappa shape index (κ2) is 10.8. The number of rotatable bonds is 7. The summed E-state index contributed by atoms with van der Waals surface area (Å²) in [6.07, 6.45) is 0.394. The van der Waals surface area contributed by atoms with Gasteiger partial charge in [-0.05, 0) is 43.4 Å². The van der Waals surface area contributed by atoms with Crippen molar-refractivity contribution in [2.45, 2.75) is 39.2 Å². The number of carbonyl (C=O) groups excluding carboxylic acids is 3. The molecule has 0 unspecified atom stereocenters. The zero-order chi connectivity index (χ0) is 22.2. The predicted octanol–water partition coefficient (Wildman–Crippen LogP) is 3.63. The van der Waals surface area contributed by atoms with Gasteiger partial charge in [-0.15, -0.1) is 0 Å². The second-order valence-electron chi connectivity index (χ2n) is 7.72. The summed E-state index contributed by atoms with van der Waals surface area (Å²) in [5.74, 6) is -1.03. The van der Waals surface area contributed by atoms with Crippen molar-refractivity contribution in [1.82, 2.24) is 4.90 Å². The van der Waals surface area contributed by atoms with E-state index in [0.717, 1.165) is 16.7 Å². The third-order valence-corrected chi connectivity index (χ3v) is 5.49. The van der Waals surface area contributed by atoms with Crippen molar-refractivity contribution in [3.63, 3.8) is 0 Å². The molecule has 1 aliphatic heterocycles. The summed E-state index contributed by atoms with van der Waals surface area (Å²) in [7, 11) is 0. The highest BCUT2D eigenvalue weighted by Gasteiger charge is 2.31. The Hall–Kier alpha value is -3.15. The molecule has 1 saturated heterocycles. The summed E-state index contributed by atoms with van der Waals surface area (Å²) in [4.78, 5) is 38.4. The molecule has 0 spiro atoms. The Bertz CT molecular complexity index is 886. The maximum atomic E-state index is 12.6. The number of amides is 1. The van der Waals surface area contributed by atoms with Crippen molar-refractivity contribution in [3.8, 4) is 11.1 Å². The van der Waals surface area contributed by atoms with Crippen LogP contribution in [0.1, 0.15) is 32.3 Å². The number of hydrogen-bond acceptors (Lipinski definition) is 5. The number of hydrogen-bond donors (Lipinski definition) is 0. The van der Waals surface area contributed by atoms with Crippen LogP contribution in [-0.2, 0) is 30.3 Å². The topological polar surface area (TPSA) is 72.9 Å². The summed E-state index contributed by atoms with van der Waals surface area (Å²) in [5.41, 5.74) is 3.02. The number of piperidine rings is 1. The van der Waals surface area contributed by atoms with Crippen LogP contribution in [0.3, 0.4) is 0 Å². The van der Waals surface area contributed by atoms with Crippen LogP contribution in [0.5, 0.6) is 0 Å². The summed E-state index contributed by atoms with van der Waals surface area (Å²) < 4.78 is 10.4. The van der Waals surface area contributed by atoms with E-state index in [2.05, 4.69) is 0 Å². The Labute approximate surface area is 183 Å². The second-order valence-corrected chi connectivity index (χ2v) is 7.72. The molecular formula is C25H29NO5. The molecule has 1 fully saturated rings. The first-order chi connectivity index (χ1) is 15.0. The predicted molar refractivity (Wildman–Crippen MR) is 117 cm³/mol. The van der Waals surface area contributed by atoms with Crippen LogP contribution in [0.25, 0.3) is 11.1 Å². The molecule has 6 heteroatoms. The third kappa shape index (κ3) is 6.17. The van der Waals surface area contributed by atoms with Crippen molar-refractivity contribution in [1.29, 1.82) is 0 Å². The molecule has 31 heavy (non-hydrogen) atoms. The first-order valence-corrected chi connectivity index (χ1v) is 10.8. The van der Waals surface area contributed by atoms with Gasteiger partial charge < -0.3 is 14.4 Å². The van der Waals surface area contributed by atoms with E-state index in [0.29, 0.717) is 32.5 Å². The van der Waals surface area contributed by atoms with E-state index in [4.69, 9.17) is 9.47 Å². The minimum absolute atomic E-state index is 0.109. The van der Waals surface area contributed by atoms with Gasteiger partial charge in [0.1, 0.15) is 0 Å². The Morgan fingerprint density at radius 3 is 2.19 bits per heavy atom. The molecule has 1 amide bonds. The molecular weight excluding hydrogens is 394 g/mol. The van der Waals surface area contributed by atoms with Crippen LogP contribution >= 0.6 is 0 Å². The minimum atomic E-state index is -0.852. The fourth-order valence-electron chi connectivity index (χ4n) is 3.75. The molecule has 6 nitrogen and oxygen atoms in total. The summed E-state index contributed by atoms with van der Waals surface area (Å²) in [6.45, 7) is 4.66. The number of esters is 2. The lowest BCUT2D eigenvalue weighted by atomic mass is 9.97. The first kappa shape index (κ1) is 22.5. The Morgan fingerprint density at radius 1 is 0.968 bits per heavy atom. The molecule has 3 rings (SSSR count). The lowest BCUT2D eigenvalue weighted by Crippen LogP contribution is -2.45. The van der Waals surface area contributed by atoms with Crippen molar-refractivity contribution >= 4 is 17.8 Å². The smallest absolute Gasteiger partial charge is 0.311 e. The van der Waals surface area contributed by atoms with Crippen molar-refractivity contribution in [2.24, 2.45) is 5.92 Å². The van der Waals surface area contributed by atoms with Gasteiger partial charge in [-0.25, -0.2) is 0 Å². The molecule has 0 radical (unpaired) electrons. The largest absolute Gasteiger partial charge is 0.466 e. The lowest BCUT2D eigenvalue weighted by Gasteiger charge is -2.32.